The summed E-state index contributed by atoms with van der Waals surface area (Å²) < 4.78 is 2.01. The van der Waals surface area contributed by atoms with E-state index in [1.807, 2.05) is 54.3 Å². The van der Waals surface area contributed by atoms with Crippen molar-refractivity contribution in [2.75, 3.05) is 5.75 Å². The number of aromatic nitrogens is 1. The lowest BCUT2D eigenvalue weighted by molar-refractivity contribution is -0.671. The molecule has 1 aromatic heterocycles. The zero-order valence-corrected chi connectivity index (χ0v) is 11.2. The summed E-state index contributed by atoms with van der Waals surface area (Å²) in [6, 6.07) is 13.6. The summed E-state index contributed by atoms with van der Waals surface area (Å²) in [5.74, 6) is 0.821. The first-order valence-corrected chi connectivity index (χ1v) is 6.90. The summed E-state index contributed by atoms with van der Waals surface area (Å²) in [6.45, 7) is 0. The lowest BCUT2D eigenvalue weighted by Gasteiger charge is -2.01. The van der Waals surface area contributed by atoms with Gasteiger partial charge in [0.05, 0.1) is 0 Å². The Hall–Kier alpha value is -1.61. The zero-order chi connectivity index (χ0) is 12.8. The molecule has 0 saturated heterocycles. The van der Waals surface area contributed by atoms with Crippen molar-refractivity contribution in [3.05, 3.63) is 66.0 Å². The van der Waals surface area contributed by atoms with Crippen LogP contribution in [-0.4, -0.2) is 10.9 Å². The number of hydrogen-bond acceptors (Lipinski definition) is 2. The molecule has 0 radical (unpaired) electrons. The van der Waals surface area contributed by atoms with Crippen LogP contribution in [0.15, 0.2) is 54.9 Å². The second-order valence-electron chi connectivity index (χ2n) is 4.12. The van der Waals surface area contributed by atoms with E-state index in [-0.39, 0.29) is 5.12 Å². The van der Waals surface area contributed by atoms with Crippen LogP contribution in [0, 0.1) is 0 Å². The largest absolute Gasteiger partial charge is 0.282 e. The number of benzene rings is 1. The zero-order valence-electron chi connectivity index (χ0n) is 10.4. The van der Waals surface area contributed by atoms with Crippen molar-refractivity contribution >= 4 is 16.9 Å². The van der Waals surface area contributed by atoms with Crippen LogP contribution in [0.1, 0.15) is 15.9 Å². The van der Waals surface area contributed by atoms with Gasteiger partial charge in [-0.05, 0) is 12.0 Å². The van der Waals surface area contributed by atoms with Gasteiger partial charge in [-0.1, -0.05) is 42.1 Å². The molecule has 0 bridgehead atoms. The molecule has 0 N–H and O–H groups in total. The van der Waals surface area contributed by atoms with Crippen molar-refractivity contribution in [3.63, 3.8) is 0 Å². The summed E-state index contributed by atoms with van der Waals surface area (Å²) in [6.07, 6.45) is 4.97. The van der Waals surface area contributed by atoms with Gasteiger partial charge < -0.3 is 0 Å². The fourth-order valence-electron chi connectivity index (χ4n) is 1.62. The number of carbonyl (C=O) groups is 1. The Bertz CT molecular complexity index is 508. The number of thioether (sulfide) groups is 1. The van der Waals surface area contributed by atoms with Crippen molar-refractivity contribution in [2.45, 2.75) is 6.42 Å². The molecule has 0 atom stereocenters. The fourth-order valence-corrected chi connectivity index (χ4v) is 2.44. The van der Waals surface area contributed by atoms with Crippen LogP contribution >= 0.6 is 11.8 Å². The minimum Gasteiger partial charge on any atom is -0.282 e. The van der Waals surface area contributed by atoms with E-state index in [1.54, 1.807) is 0 Å². The van der Waals surface area contributed by atoms with Crippen LogP contribution in [0.25, 0.3) is 0 Å². The predicted molar refractivity (Wildman–Crippen MR) is 74.6 cm³/mol. The molecule has 92 valence electrons. The summed E-state index contributed by atoms with van der Waals surface area (Å²) in [5, 5.41) is 0.150. The highest BCUT2D eigenvalue weighted by molar-refractivity contribution is 8.14. The fraction of sp³-hybridized carbons (Fsp3) is 0.200. The highest BCUT2D eigenvalue weighted by Crippen LogP contribution is 2.13. The van der Waals surface area contributed by atoms with Crippen LogP contribution in [0.4, 0.5) is 0 Å². The molecule has 0 saturated carbocycles. The first-order chi connectivity index (χ1) is 8.75. The summed E-state index contributed by atoms with van der Waals surface area (Å²) in [4.78, 5) is 11.8. The van der Waals surface area contributed by atoms with Crippen molar-refractivity contribution in [2.24, 2.45) is 7.05 Å². The van der Waals surface area contributed by atoms with Crippen LogP contribution in [0.5, 0.6) is 0 Å². The average Bonchev–Trinajstić information content (AvgIpc) is 2.42. The van der Waals surface area contributed by atoms with E-state index in [9.17, 15) is 4.79 Å². The van der Waals surface area contributed by atoms with E-state index < -0.39 is 0 Å². The lowest BCUT2D eigenvalue weighted by atomic mass is 10.2. The number of hydrogen-bond donors (Lipinski definition) is 0. The molecule has 0 fully saturated rings. The van der Waals surface area contributed by atoms with E-state index in [1.165, 1.54) is 17.3 Å². The van der Waals surface area contributed by atoms with E-state index in [0.29, 0.717) is 0 Å². The van der Waals surface area contributed by atoms with Gasteiger partial charge in [-0.2, -0.15) is 0 Å². The third kappa shape index (κ3) is 3.70. The third-order valence-corrected chi connectivity index (χ3v) is 3.59. The van der Waals surface area contributed by atoms with Gasteiger partial charge in [0.25, 0.3) is 0 Å². The Morgan fingerprint density at radius 2 is 1.78 bits per heavy atom. The minimum absolute atomic E-state index is 0.150. The topological polar surface area (TPSA) is 20.9 Å². The Balaban J connectivity index is 1.82. The average molecular weight is 258 g/mol. The van der Waals surface area contributed by atoms with Gasteiger partial charge in [0.2, 0.25) is 5.12 Å². The van der Waals surface area contributed by atoms with Gasteiger partial charge in [0, 0.05) is 23.4 Å². The van der Waals surface area contributed by atoms with Gasteiger partial charge >= 0.3 is 0 Å². The van der Waals surface area contributed by atoms with Gasteiger partial charge in [-0.25, -0.2) is 4.57 Å². The smallest absolute Gasteiger partial charge is 0.219 e. The molecule has 1 heterocycles. The van der Waals surface area contributed by atoms with Crippen molar-refractivity contribution in [1.29, 1.82) is 0 Å². The predicted octanol–water partition coefficient (Wildman–Crippen LogP) is 2.63. The van der Waals surface area contributed by atoms with Gasteiger partial charge in [-0.3, -0.25) is 4.79 Å². The maximum Gasteiger partial charge on any atom is 0.219 e. The summed E-state index contributed by atoms with van der Waals surface area (Å²) >= 11 is 1.38. The summed E-state index contributed by atoms with van der Waals surface area (Å²) in [7, 11) is 2.00. The van der Waals surface area contributed by atoms with Gasteiger partial charge in [-0.15, -0.1) is 0 Å². The minimum atomic E-state index is 0.150. The quantitative estimate of drug-likeness (QED) is 0.786. The molecule has 0 amide bonds. The number of pyridine rings is 1. The van der Waals surface area contributed by atoms with Crippen molar-refractivity contribution < 1.29 is 9.36 Å². The van der Waals surface area contributed by atoms with Crippen LogP contribution < -0.4 is 4.57 Å². The number of nitrogens with zero attached hydrogens (tertiary/aromatic N) is 1. The monoisotopic (exact) mass is 258 g/mol. The first-order valence-electron chi connectivity index (χ1n) is 5.92. The molecule has 3 heteroatoms. The Morgan fingerprint density at radius 3 is 2.44 bits per heavy atom. The second kappa shape index (κ2) is 6.36. The molecule has 18 heavy (non-hydrogen) atoms. The number of rotatable bonds is 4. The van der Waals surface area contributed by atoms with Gasteiger partial charge in [0.15, 0.2) is 12.4 Å². The molecule has 1 aromatic carbocycles. The maximum atomic E-state index is 11.8. The van der Waals surface area contributed by atoms with E-state index >= 15 is 0 Å². The van der Waals surface area contributed by atoms with Crippen molar-refractivity contribution in [1.82, 2.24) is 0 Å². The number of carbonyl (C=O) groups excluding carboxylic acids is 1. The third-order valence-electron chi connectivity index (χ3n) is 2.68. The standard InChI is InChI=1S/C15H16NOS/c1-16-10-7-13(8-11-16)9-12-18-15(17)14-5-3-2-4-6-14/h2-8,10-11H,9,12H2,1H3/q+1. The molecule has 0 spiro atoms. The highest BCUT2D eigenvalue weighted by atomic mass is 32.2. The van der Waals surface area contributed by atoms with E-state index in [0.717, 1.165) is 17.7 Å². The van der Waals surface area contributed by atoms with Crippen LogP contribution in [0.2, 0.25) is 0 Å². The molecule has 2 aromatic rings. The molecular formula is C15H16NOS+. The molecular weight excluding hydrogens is 242 g/mol. The normalized spacial score (nSPS) is 10.3. The highest BCUT2D eigenvalue weighted by Gasteiger charge is 2.05. The Labute approximate surface area is 112 Å². The van der Waals surface area contributed by atoms with Crippen molar-refractivity contribution in [3.8, 4) is 0 Å². The molecule has 2 nitrogen and oxygen atoms in total. The maximum absolute atomic E-state index is 11.8. The number of aryl methyl sites for hydroxylation is 2. The molecule has 2 rings (SSSR count). The van der Waals surface area contributed by atoms with E-state index in [4.69, 9.17) is 0 Å². The molecule has 0 unspecified atom stereocenters. The van der Waals surface area contributed by atoms with Crippen LogP contribution in [0.3, 0.4) is 0 Å². The van der Waals surface area contributed by atoms with Gasteiger partial charge in [0.1, 0.15) is 7.05 Å². The Kier molecular flexibility index (Phi) is 4.53. The lowest BCUT2D eigenvalue weighted by Crippen LogP contribution is -2.25. The molecule has 0 aliphatic heterocycles. The van der Waals surface area contributed by atoms with E-state index in [2.05, 4.69) is 12.1 Å². The molecule has 0 aliphatic carbocycles. The molecule has 0 aliphatic rings. The Morgan fingerprint density at radius 1 is 1.11 bits per heavy atom. The SMILES string of the molecule is C[n+]1ccc(CCSC(=O)c2ccccc2)cc1. The second-order valence-corrected chi connectivity index (χ2v) is 5.19. The van der Waals surface area contributed by atoms with Crippen LogP contribution in [-0.2, 0) is 13.5 Å². The first kappa shape index (κ1) is 12.8. The summed E-state index contributed by atoms with van der Waals surface area (Å²) in [5.41, 5.74) is 2.04.